The lowest BCUT2D eigenvalue weighted by Crippen LogP contribution is -2.43. The molecule has 0 saturated heterocycles. The van der Waals surface area contributed by atoms with Crippen molar-refractivity contribution in [1.82, 2.24) is 14.9 Å². The quantitative estimate of drug-likeness (QED) is 0.595. The van der Waals surface area contributed by atoms with Gasteiger partial charge in [0.2, 0.25) is 5.43 Å². The second-order valence-electron chi connectivity index (χ2n) is 6.67. The number of pyridine rings is 1. The van der Waals surface area contributed by atoms with E-state index in [-0.39, 0.29) is 17.7 Å². The van der Waals surface area contributed by atoms with Gasteiger partial charge in [-0.3, -0.25) is 19.2 Å². The summed E-state index contributed by atoms with van der Waals surface area (Å²) in [6.45, 7) is 1.87. The van der Waals surface area contributed by atoms with Crippen molar-refractivity contribution in [2.45, 2.75) is 19.5 Å². The molecule has 1 amide bonds. The third-order valence-electron chi connectivity index (χ3n) is 4.64. The normalized spacial score (nSPS) is 13.6. The lowest BCUT2D eigenvalue weighted by atomic mass is 10.1. The summed E-state index contributed by atoms with van der Waals surface area (Å²) < 4.78 is 33.1. The van der Waals surface area contributed by atoms with Gasteiger partial charge >= 0.3 is 0 Å². The van der Waals surface area contributed by atoms with E-state index in [0.717, 1.165) is 12.5 Å². The smallest absolute Gasteiger partial charge is 0.257 e. The molecule has 0 bridgehead atoms. The number of aromatic nitrogens is 1. The Morgan fingerprint density at radius 3 is 2.90 bits per heavy atom. The number of benzene rings is 1. The third kappa shape index (κ3) is 4.72. The van der Waals surface area contributed by atoms with Crippen LogP contribution in [0.1, 0.15) is 28.0 Å². The molecule has 0 fully saturated rings. The highest BCUT2D eigenvalue weighted by atomic mass is 19.1. The Balaban J connectivity index is 1.73. The van der Waals surface area contributed by atoms with Crippen molar-refractivity contribution in [2.24, 2.45) is 0 Å². The van der Waals surface area contributed by atoms with Gasteiger partial charge in [-0.25, -0.2) is 8.78 Å². The maximum absolute atomic E-state index is 13.7. The van der Waals surface area contributed by atoms with E-state index in [1.54, 1.807) is 7.11 Å². The van der Waals surface area contributed by atoms with Crippen LogP contribution in [0.3, 0.4) is 0 Å². The number of carbonyl (C=O) groups excluding carboxylic acids is 1. The topological polar surface area (TPSA) is 95.8 Å². The van der Waals surface area contributed by atoms with E-state index < -0.39 is 28.7 Å². The highest BCUT2D eigenvalue weighted by Gasteiger charge is 2.24. The van der Waals surface area contributed by atoms with Gasteiger partial charge in [0.05, 0.1) is 12.4 Å². The largest absolute Gasteiger partial charge is 0.503 e. The lowest BCUT2D eigenvalue weighted by molar-refractivity contribution is 0.0947. The number of ether oxygens (including phenoxy) is 1. The molecule has 1 aromatic carbocycles. The number of methoxy groups -OCH3 is 1. The Morgan fingerprint density at radius 1 is 1.38 bits per heavy atom. The van der Waals surface area contributed by atoms with E-state index in [1.807, 2.05) is 4.90 Å². The number of carbonyl (C=O) groups is 1. The van der Waals surface area contributed by atoms with Crippen LogP contribution in [0.15, 0.2) is 29.2 Å². The summed E-state index contributed by atoms with van der Waals surface area (Å²) in [5, 5.41) is 12.7. The minimum Gasteiger partial charge on any atom is -0.503 e. The van der Waals surface area contributed by atoms with Crippen LogP contribution in [-0.2, 0) is 17.8 Å². The van der Waals surface area contributed by atoms with Crippen LogP contribution in [0.4, 0.5) is 8.78 Å². The number of aromatic hydroxyl groups is 1. The van der Waals surface area contributed by atoms with Gasteiger partial charge in [0.25, 0.3) is 5.91 Å². The minimum atomic E-state index is -0.811. The number of nitrogens with one attached hydrogen (secondary N) is 2. The number of hydrogen-bond donors (Lipinski definition) is 3. The molecule has 0 unspecified atom stereocenters. The SMILES string of the molecule is COCCCN1CNn2cc(C(=O)NCc3ccc(F)cc3F)c(=O)c(O)c2C1. The first kappa shape index (κ1) is 20.7. The molecule has 2 heterocycles. The Morgan fingerprint density at radius 2 is 2.17 bits per heavy atom. The molecule has 0 radical (unpaired) electrons. The number of fused-ring (bicyclic) bond motifs is 1. The predicted octanol–water partition coefficient (Wildman–Crippen LogP) is 1.12. The number of halogens is 2. The van der Waals surface area contributed by atoms with E-state index in [2.05, 4.69) is 10.7 Å². The highest BCUT2D eigenvalue weighted by molar-refractivity contribution is 5.94. The molecule has 1 aromatic heterocycles. The van der Waals surface area contributed by atoms with Crippen LogP contribution in [-0.4, -0.2) is 47.5 Å². The van der Waals surface area contributed by atoms with E-state index in [0.29, 0.717) is 38.1 Å². The van der Waals surface area contributed by atoms with Crippen molar-refractivity contribution in [3.05, 3.63) is 63.1 Å². The monoisotopic (exact) mass is 408 g/mol. The summed E-state index contributed by atoms with van der Waals surface area (Å²) >= 11 is 0. The predicted molar refractivity (Wildman–Crippen MR) is 101 cm³/mol. The van der Waals surface area contributed by atoms with Crippen LogP contribution >= 0.6 is 0 Å². The maximum Gasteiger partial charge on any atom is 0.257 e. The second-order valence-corrected chi connectivity index (χ2v) is 6.67. The van der Waals surface area contributed by atoms with Gasteiger partial charge in [0.1, 0.15) is 17.2 Å². The first-order valence-corrected chi connectivity index (χ1v) is 9.05. The average Bonchev–Trinajstić information content (AvgIpc) is 2.70. The van der Waals surface area contributed by atoms with Crippen LogP contribution in [0.2, 0.25) is 0 Å². The molecular weight excluding hydrogens is 386 g/mol. The molecular formula is C19H22F2N4O4. The second kappa shape index (κ2) is 9.01. The molecule has 0 spiro atoms. The molecule has 10 heteroatoms. The fourth-order valence-corrected chi connectivity index (χ4v) is 3.06. The third-order valence-corrected chi connectivity index (χ3v) is 4.64. The van der Waals surface area contributed by atoms with E-state index in [1.165, 1.54) is 16.9 Å². The summed E-state index contributed by atoms with van der Waals surface area (Å²) in [6.07, 6.45) is 2.10. The zero-order valence-corrected chi connectivity index (χ0v) is 15.9. The van der Waals surface area contributed by atoms with Crippen molar-refractivity contribution in [2.75, 3.05) is 32.4 Å². The molecule has 2 aromatic rings. The zero-order chi connectivity index (χ0) is 21.0. The maximum atomic E-state index is 13.7. The molecule has 3 rings (SSSR count). The van der Waals surface area contributed by atoms with Gasteiger partial charge in [0.15, 0.2) is 5.75 Å². The number of hydrogen-bond acceptors (Lipinski definition) is 6. The molecule has 0 aliphatic carbocycles. The summed E-state index contributed by atoms with van der Waals surface area (Å²) in [5.41, 5.74) is 2.34. The molecule has 29 heavy (non-hydrogen) atoms. The number of rotatable bonds is 7. The summed E-state index contributed by atoms with van der Waals surface area (Å²) in [7, 11) is 1.62. The Hall–Kier alpha value is -2.98. The van der Waals surface area contributed by atoms with Gasteiger partial charge in [-0.1, -0.05) is 6.07 Å². The van der Waals surface area contributed by atoms with Crippen LogP contribution in [0.25, 0.3) is 0 Å². The van der Waals surface area contributed by atoms with Crippen molar-refractivity contribution >= 4 is 5.91 Å². The van der Waals surface area contributed by atoms with Crippen LogP contribution in [0, 0.1) is 11.6 Å². The van der Waals surface area contributed by atoms with Gasteiger partial charge < -0.3 is 20.6 Å². The average molecular weight is 408 g/mol. The Kier molecular flexibility index (Phi) is 6.45. The Bertz CT molecular complexity index is 964. The fourth-order valence-electron chi connectivity index (χ4n) is 3.06. The number of amides is 1. The van der Waals surface area contributed by atoms with Gasteiger partial charge in [0, 0.05) is 51.2 Å². The van der Waals surface area contributed by atoms with Gasteiger partial charge in [-0.2, -0.15) is 0 Å². The summed E-state index contributed by atoms with van der Waals surface area (Å²) in [6, 6.07) is 3.00. The highest BCUT2D eigenvalue weighted by Crippen LogP contribution is 2.18. The molecule has 0 saturated carbocycles. The Labute approximate surface area is 165 Å². The van der Waals surface area contributed by atoms with Gasteiger partial charge in [-0.05, 0) is 12.5 Å². The van der Waals surface area contributed by atoms with Crippen LogP contribution < -0.4 is 16.2 Å². The van der Waals surface area contributed by atoms with Crippen molar-refractivity contribution in [3.63, 3.8) is 0 Å². The molecule has 0 atom stereocenters. The van der Waals surface area contributed by atoms with Crippen molar-refractivity contribution in [1.29, 1.82) is 0 Å². The first-order valence-electron chi connectivity index (χ1n) is 9.05. The van der Waals surface area contributed by atoms with Crippen molar-refractivity contribution in [3.8, 4) is 5.75 Å². The summed E-state index contributed by atoms with van der Waals surface area (Å²) in [5.74, 6) is -2.81. The van der Waals surface area contributed by atoms with Crippen molar-refractivity contribution < 1.29 is 23.4 Å². The van der Waals surface area contributed by atoms with E-state index in [4.69, 9.17) is 4.74 Å². The van der Waals surface area contributed by atoms with Gasteiger partial charge in [-0.15, -0.1) is 0 Å². The molecule has 1 aliphatic rings. The van der Waals surface area contributed by atoms with E-state index in [9.17, 15) is 23.5 Å². The first-order chi connectivity index (χ1) is 13.9. The van der Waals surface area contributed by atoms with E-state index >= 15 is 0 Å². The number of nitrogens with zero attached hydrogens (tertiary/aromatic N) is 2. The van der Waals surface area contributed by atoms with Crippen LogP contribution in [0.5, 0.6) is 5.75 Å². The molecule has 156 valence electrons. The molecule has 1 aliphatic heterocycles. The standard InChI is InChI=1S/C19H22F2N4O4/c1-29-6-2-5-24-10-16-18(27)17(26)14(9-25(16)23-11-24)19(28)22-8-12-3-4-13(20)7-15(12)21/h3-4,7,9,23,27H,2,5-6,8,10-11H2,1H3,(H,22,28). The fraction of sp³-hybridized carbons (Fsp3) is 0.368. The minimum absolute atomic E-state index is 0.0758. The summed E-state index contributed by atoms with van der Waals surface area (Å²) in [4.78, 5) is 26.9. The lowest BCUT2D eigenvalue weighted by Gasteiger charge is -2.31. The molecule has 8 nitrogen and oxygen atoms in total. The molecule has 3 N–H and O–H groups in total. The zero-order valence-electron chi connectivity index (χ0n) is 15.9.